The van der Waals surface area contributed by atoms with Crippen LogP contribution in [-0.2, 0) is 34.4 Å². The predicted molar refractivity (Wildman–Crippen MR) is 101 cm³/mol. The van der Waals surface area contributed by atoms with Gasteiger partial charge in [-0.1, -0.05) is 0 Å². The van der Waals surface area contributed by atoms with Gasteiger partial charge in [0.25, 0.3) is 5.56 Å². The third kappa shape index (κ3) is 2.59. The lowest BCUT2D eigenvalue weighted by molar-refractivity contribution is -0.141. The average molecular weight is 389 g/mol. The predicted octanol–water partition coefficient (Wildman–Crippen LogP) is 0.118. The number of imidazole rings is 2. The molecular formula is C18H23N5O5. The third-order valence-corrected chi connectivity index (χ3v) is 5.55. The number of methoxy groups -OCH3 is 1. The number of carbonyl (C=O) groups excluding carboxylic acids is 1. The van der Waals surface area contributed by atoms with Gasteiger partial charge in [0.2, 0.25) is 5.78 Å². The lowest BCUT2D eigenvalue weighted by atomic mass is 10.2. The van der Waals surface area contributed by atoms with Crippen LogP contribution in [0, 0.1) is 13.8 Å². The number of aryl methyl sites for hydroxylation is 2. The van der Waals surface area contributed by atoms with Gasteiger partial charge >= 0.3 is 11.7 Å². The number of aromatic nitrogens is 5. The molecule has 1 saturated heterocycles. The molecule has 1 aliphatic rings. The summed E-state index contributed by atoms with van der Waals surface area (Å²) in [6.45, 7) is 4.82. The molecule has 1 fully saturated rings. The Hall–Kier alpha value is -2.88. The van der Waals surface area contributed by atoms with Gasteiger partial charge in [0.15, 0.2) is 11.2 Å². The van der Waals surface area contributed by atoms with Gasteiger partial charge in [0, 0.05) is 25.0 Å². The molecule has 150 valence electrons. The standard InChI is InChI=1S/C18H23N5O5/c1-10-11(2)23-14-15(19-17(23)21(10)8-12-6-5-7-28-12)20(3)18(26)22(16(14)25)9-13(24)27-4/h12H,5-9H2,1-4H3. The van der Waals surface area contributed by atoms with Gasteiger partial charge in [-0.25, -0.2) is 9.36 Å². The highest BCUT2D eigenvalue weighted by molar-refractivity contribution is 5.77. The van der Waals surface area contributed by atoms with Crippen LogP contribution in [0.25, 0.3) is 16.9 Å². The normalized spacial score (nSPS) is 17.1. The van der Waals surface area contributed by atoms with E-state index in [2.05, 4.69) is 9.72 Å². The van der Waals surface area contributed by atoms with E-state index in [1.165, 1.54) is 18.7 Å². The molecule has 0 N–H and O–H groups in total. The van der Waals surface area contributed by atoms with Crippen molar-refractivity contribution >= 4 is 22.9 Å². The quantitative estimate of drug-likeness (QED) is 0.588. The molecule has 10 nitrogen and oxygen atoms in total. The summed E-state index contributed by atoms with van der Waals surface area (Å²) < 4.78 is 16.3. The molecule has 1 atom stereocenters. The Balaban J connectivity index is 2.00. The number of fused-ring (bicyclic) bond motifs is 3. The molecular weight excluding hydrogens is 366 g/mol. The largest absolute Gasteiger partial charge is 0.468 e. The van der Waals surface area contributed by atoms with Gasteiger partial charge < -0.3 is 14.0 Å². The number of hydrogen-bond acceptors (Lipinski definition) is 6. The molecule has 0 radical (unpaired) electrons. The van der Waals surface area contributed by atoms with Gasteiger partial charge in [0.05, 0.1) is 19.8 Å². The molecule has 28 heavy (non-hydrogen) atoms. The Bertz CT molecular complexity index is 1210. The fraction of sp³-hybridized carbons (Fsp3) is 0.556. The van der Waals surface area contributed by atoms with Crippen LogP contribution in [0.15, 0.2) is 9.59 Å². The van der Waals surface area contributed by atoms with Crippen LogP contribution < -0.4 is 11.2 Å². The van der Waals surface area contributed by atoms with Crippen molar-refractivity contribution < 1.29 is 14.3 Å². The van der Waals surface area contributed by atoms with Crippen LogP contribution in [0.2, 0.25) is 0 Å². The number of hydrogen-bond donors (Lipinski definition) is 0. The molecule has 0 bridgehead atoms. The van der Waals surface area contributed by atoms with Gasteiger partial charge in [0.1, 0.15) is 6.54 Å². The van der Waals surface area contributed by atoms with Gasteiger partial charge in [-0.3, -0.25) is 18.6 Å². The molecule has 4 heterocycles. The van der Waals surface area contributed by atoms with Crippen molar-refractivity contribution in [2.24, 2.45) is 7.05 Å². The number of rotatable bonds is 4. The van der Waals surface area contributed by atoms with Crippen LogP contribution in [0.5, 0.6) is 0 Å². The van der Waals surface area contributed by atoms with Crippen molar-refractivity contribution in [3.05, 3.63) is 32.2 Å². The van der Waals surface area contributed by atoms with E-state index >= 15 is 0 Å². The van der Waals surface area contributed by atoms with Crippen molar-refractivity contribution in [2.45, 2.75) is 45.9 Å². The summed E-state index contributed by atoms with van der Waals surface area (Å²) in [4.78, 5) is 42.0. The van der Waals surface area contributed by atoms with E-state index in [4.69, 9.17) is 4.74 Å². The summed E-state index contributed by atoms with van der Waals surface area (Å²) in [7, 11) is 2.75. The number of ether oxygens (including phenoxy) is 2. The average Bonchev–Trinajstić information content (AvgIpc) is 3.38. The maximum atomic E-state index is 13.1. The fourth-order valence-corrected chi connectivity index (χ4v) is 3.86. The summed E-state index contributed by atoms with van der Waals surface area (Å²) >= 11 is 0. The minimum Gasteiger partial charge on any atom is -0.468 e. The Labute approximate surface area is 159 Å². The number of nitrogens with zero attached hydrogens (tertiary/aromatic N) is 5. The Morgan fingerprint density at radius 2 is 2.00 bits per heavy atom. The molecule has 0 spiro atoms. The molecule has 0 aromatic carbocycles. The highest BCUT2D eigenvalue weighted by Gasteiger charge is 2.25. The van der Waals surface area contributed by atoms with Crippen molar-refractivity contribution in [3.63, 3.8) is 0 Å². The Morgan fingerprint density at radius 1 is 1.25 bits per heavy atom. The second-order valence-corrected chi connectivity index (χ2v) is 7.14. The van der Waals surface area contributed by atoms with Crippen molar-refractivity contribution in [1.82, 2.24) is 23.1 Å². The fourth-order valence-electron chi connectivity index (χ4n) is 3.86. The summed E-state index contributed by atoms with van der Waals surface area (Å²) in [5, 5.41) is 0. The summed E-state index contributed by atoms with van der Waals surface area (Å²) in [5.41, 5.74) is 1.23. The summed E-state index contributed by atoms with van der Waals surface area (Å²) in [6, 6.07) is 0. The molecule has 1 unspecified atom stereocenters. The second-order valence-electron chi connectivity index (χ2n) is 7.14. The molecule has 0 saturated carbocycles. The van der Waals surface area contributed by atoms with Crippen molar-refractivity contribution in [2.75, 3.05) is 13.7 Å². The van der Waals surface area contributed by atoms with Crippen LogP contribution in [0.4, 0.5) is 0 Å². The molecule has 1 aliphatic heterocycles. The Kier molecular flexibility index (Phi) is 4.37. The van der Waals surface area contributed by atoms with Crippen LogP contribution in [0.1, 0.15) is 24.2 Å². The lowest BCUT2D eigenvalue weighted by Crippen LogP contribution is -2.41. The first-order chi connectivity index (χ1) is 13.3. The van der Waals surface area contributed by atoms with E-state index in [1.54, 1.807) is 4.40 Å². The van der Waals surface area contributed by atoms with E-state index in [9.17, 15) is 14.4 Å². The number of carbonyl (C=O) groups is 1. The zero-order valence-electron chi connectivity index (χ0n) is 16.4. The zero-order chi connectivity index (χ0) is 20.2. The lowest BCUT2D eigenvalue weighted by Gasteiger charge is -2.12. The minimum absolute atomic E-state index is 0.105. The minimum atomic E-state index is -0.664. The number of esters is 1. The highest BCUT2D eigenvalue weighted by Crippen LogP contribution is 2.23. The smallest absolute Gasteiger partial charge is 0.333 e. The first kappa shape index (κ1) is 18.5. The third-order valence-electron chi connectivity index (χ3n) is 5.55. The maximum Gasteiger partial charge on any atom is 0.333 e. The molecule has 0 aliphatic carbocycles. The van der Waals surface area contributed by atoms with Crippen LogP contribution in [-0.4, -0.2) is 48.9 Å². The second kappa shape index (κ2) is 6.62. The van der Waals surface area contributed by atoms with E-state index in [1.807, 2.05) is 18.4 Å². The molecule has 0 amide bonds. The van der Waals surface area contributed by atoms with Gasteiger partial charge in [-0.2, -0.15) is 4.98 Å². The van der Waals surface area contributed by atoms with E-state index < -0.39 is 23.8 Å². The van der Waals surface area contributed by atoms with Crippen LogP contribution >= 0.6 is 0 Å². The van der Waals surface area contributed by atoms with Crippen molar-refractivity contribution in [1.29, 1.82) is 0 Å². The van der Waals surface area contributed by atoms with E-state index in [-0.39, 0.29) is 17.3 Å². The van der Waals surface area contributed by atoms with Gasteiger partial charge in [-0.15, -0.1) is 0 Å². The highest BCUT2D eigenvalue weighted by atomic mass is 16.5. The summed E-state index contributed by atoms with van der Waals surface area (Å²) in [6.07, 6.45) is 2.12. The van der Waals surface area contributed by atoms with E-state index in [0.29, 0.717) is 12.3 Å². The molecule has 3 aromatic heterocycles. The first-order valence-corrected chi connectivity index (χ1v) is 9.21. The topological polar surface area (TPSA) is 102 Å². The SMILES string of the molecule is COC(=O)Cn1c(=O)c2c(nc3n(CC4CCCO4)c(C)c(C)n23)n(C)c1=O. The Morgan fingerprint density at radius 3 is 2.64 bits per heavy atom. The summed E-state index contributed by atoms with van der Waals surface area (Å²) in [5.74, 6) is -0.0772. The maximum absolute atomic E-state index is 13.1. The molecule has 4 rings (SSSR count). The van der Waals surface area contributed by atoms with E-state index in [0.717, 1.165) is 35.4 Å². The molecule has 10 heteroatoms. The molecule has 3 aromatic rings. The van der Waals surface area contributed by atoms with Crippen molar-refractivity contribution in [3.8, 4) is 0 Å². The zero-order valence-corrected chi connectivity index (χ0v) is 16.4. The van der Waals surface area contributed by atoms with Crippen LogP contribution in [0.3, 0.4) is 0 Å². The monoisotopic (exact) mass is 389 g/mol. The first-order valence-electron chi connectivity index (χ1n) is 9.21. The van der Waals surface area contributed by atoms with Gasteiger partial charge in [-0.05, 0) is 26.7 Å².